The van der Waals surface area contributed by atoms with Gasteiger partial charge < -0.3 is 15.0 Å². The molecule has 0 saturated carbocycles. The van der Waals surface area contributed by atoms with Gasteiger partial charge in [-0.05, 0) is 57.7 Å². The Balaban J connectivity index is 2.22. The summed E-state index contributed by atoms with van der Waals surface area (Å²) in [5.41, 5.74) is 4.27. The average molecular weight is 425 g/mol. The number of benzene rings is 2. The van der Waals surface area contributed by atoms with Gasteiger partial charge in [0.2, 0.25) is 5.91 Å². The van der Waals surface area contributed by atoms with E-state index in [0.29, 0.717) is 18.7 Å². The van der Waals surface area contributed by atoms with Crippen LogP contribution in [0.1, 0.15) is 55.9 Å². The molecule has 2 rings (SSSR count). The summed E-state index contributed by atoms with van der Waals surface area (Å²) < 4.78 is 5.85. The zero-order valence-corrected chi connectivity index (χ0v) is 19.7. The van der Waals surface area contributed by atoms with Crippen LogP contribution < -0.4 is 10.1 Å². The summed E-state index contributed by atoms with van der Waals surface area (Å²) in [6.07, 6.45) is 1.37. The summed E-state index contributed by atoms with van der Waals surface area (Å²) >= 11 is 0. The van der Waals surface area contributed by atoms with Crippen LogP contribution in [0, 0.1) is 20.8 Å². The van der Waals surface area contributed by atoms with Crippen LogP contribution in [0.3, 0.4) is 0 Å². The van der Waals surface area contributed by atoms with Crippen molar-refractivity contribution in [1.82, 2.24) is 10.2 Å². The lowest BCUT2D eigenvalue weighted by Crippen LogP contribution is -2.51. The zero-order chi connectivity index (χ0) is 23.0. The Morgan fingerprint density at radius 1 is 0.968 bits per heavy atom. The van der Waals surface area contributed by atoms with E-state index in [1.54, 1.807) is 4.90 Å². The number of nitrogens with one attached hydrogen (secondary N) is 1. The van der Waals surface area contributed by atoms with E-state index >= 15 is 0 Å². The van der Waals surface area contributed by atoms with Crippen LogP contribution in [0.5, 0.6) is 5.75 Å². The second-order valence-corrected chi connectivity index (χ2v) is 8.31. The van der Waals surface area contributed by atoms with Gasteiger partial charge in [-0.3, -0.25) is 9.59 Å². The number of rotatable bonds is 10. The summed E-state index contributed by atoms with van der Waals surface area (Å²) in [4.78, 5) is 27.8. The largest absolute Gasteiger partial charge is 0.483 e. The van der Waals surface area contributed by atoms with Gasteiger partial charge in [0.25, 0.3) is 5.91 Å². The van der Waals surface area contributed by atoms with E-state index < -0.39 is 6.04 Å². The van der Waals surface area contributed by atoms with Gasteiger partial charge >= 0.3 is 0 Å². The normalized spacial score (nSPS) is 12.7. The molecule has 0 aromatic heterocycles. The third kappa shape index (κ3) is 7.12. The first-order valence-corrected chi connectivity index (χ1v) is 11.1. The summed E-state index contributed by atoms with van der Waals surface area (Å²) in [7, 11) is 0. The van der Waals surface area contributed by atoms with Crippen LogP contribution >= 0.6 is 0 Å². The Hall–Kier alpha value is -2.82. The first-order chi connectivity index (χ1) is 14.7. The van der Waals surface area contributed by atoms with Gasteiger partial charge in [-0.15, -0.1) is 0 Å². The van der Waals surface area contributed by atoms with E-state index in [1.807, 2.05) is 84.0 Å². The van der Waals surface area contributed by atoms with E-state index in [2.05, 4.69) is 5.32 Å². The fourth-order valence-corrected chi connectivity index (χ4v) is 3.43. The van der Waals surface area contributed by atoms with E-state index in [-0.39, 0.29) is 24.5 Å². The van der Waals surface area contributed by atoms with Gasteiger partial charge in [-0.1, -0.05) is 61.4 Å². The quantitative estimate of drug-likeness (QED) is 0.601. The molecule has 0 spiro atoms. The fourth-order valence-electron chi connectivity index (χ4n) is 3.43. The minimum Gasteiger partial charge on any atom is -0.483 e. The maximum Gasteiger partial charge on any atom is 0.261 e. The van der Waals surface area contributed by atoms with Crippen molar-refractivity contribution in [2.45, 2.75) is 73.0 Å². The van der Waals surface area contributed by atoms with Crippen LogP contribution in [0.25, 0.3) is 0 Å². The first-order valence-electron chi connectivity index (χ1n) is 11.1. The fraction of sp³-hybridized carbons (Fsp3) is 0.462. The number of aryl methyl sites for hydroxylation is 3. The molecule has 1 N–H and O–H groups in total. The van der Waals surface area contributed by atoms with E-state index in [4.69, 9.17) is 4.74 Å². The Bertz CT molecular complexity index is 877. The van der Waals surface area contributed by atoms with Crippen molar-refractivity contribution < 1.29 is 14.3 Å². The maximum atomic E-state index is 13.2. The highest BCUT2D eigenvalue weighted by molar-refractivity contribution is 5.88. The summed E-state index contributed by atoms with van der Waals surface area (Å²) in [6, 6.07) is 13.4. The smallest absolute Gasteiger partial charge is 0.261 e. The Morgan fingerprint density at radius 2 is 1.61 bits per heavy atom. The molecular formula is C26H36N2O3. The molecule has 5 heteroatoms. The van der Waals surface area contributed by atoms with Gasteiger partial charge in [-0.25, -0.2) is 0 Å². The second-order valence-electron chi connectivity index (χ2n) is 8.31. The van der Waals surface area contributed by atoms with Crippen LogP contribution in [0.15, 0.2) is 42.5 Å². The van der Waals surface area contributed by atoms with Gasteiger partial charge in [0, 0.05) is 12.6 Å². The third-order valence-corrected chi connectivity index (χ3v) is 5.54. The molecule has 0 aliphatic rings. The Morgan fingerprint density at radius 3 is 2.19 bits per heavy atom. The molecule has 2 atom stereocenters. The van der Waals surface area contributed by atoms with Crippen LogP contribution in [-0.4, -0.2) is 35.4 Å². The van der Waals surface area contributed by atoms with Gasteiger partial charge in [0.15, 0.2) is 6.61 Å². The highest BCUT2D eigenvalue weighted by atomic mass is 16.5. The lowest BCUT2D eigenvalue weighted by atomic mass is 10.1. The van der Waals surface area contributed by atoms with Gasteiger partial charge in [0.1, 0.15) is 11.8 Å². The van der Waals surface area contributed by atoms with Crippen molar-refractivity contribution in [3.63, 3.8) is 0 Å². The molecule has 0 radical (unpaired) electrons. The van der Waals surface area contributed by atoms with Crippen molar-refractivity contribution in [2.24, 2.45) is 0 Å². The molecule has 2 aromatic rings. The molecule has 0 fully saturated rings. The van der Waals surface area contributed by atoms with Gasteiger partial charge in [0.05, 0.1) is 0 Å². The van der Waals surface area contributed by atoms with E-state index in [9.17, 15) is 9.59 Å². The predicted molar refractivity (Wildman–Crippen MR) is 125 cm³/mol. The molecule has 168 valence electrons. The topological polar surface area (TPSA) is 58.6 Å². The molecule has 0 saturated heterocycles. The molecule has 0 unspecified atom stereocenters. The summed E-state index contributed by atoms with van der Waals surface area (Å²) in [6.45, 7) is 12.2. The number of carbonyl (C=O) groups excluding carboxylic acids is 2. The standard InChI is InChI=1S/C26H36N2O3/c1-7-21(6)27-26(30)23(8-2)28(16-22-12-9-18(3)10-13-22)25(29)17-31-24-14-11-19(4)15-20(24)5/h9-15,21,23H,7-8,16-17H2,1-6H3,(H,27,30)/t21-,23+/m0/s1. The lowest BCUT2D eigenvalue weighted by molar-refractivity contribution is -0.143. The number of amides is 2. The monoisotopic (exact) mass is 424 g/mol. The van der Waals surface area contributed by atoms with Crippen molar-refractivity contribution in [3.05, 3.63) is 64.7 Å². The molecule has 31 heavy (non-hydrogen) atoms. The van der Waals surface area contributed by atoms with Gasteiger partial charge in [-0.2, -0.15) is 0 Å². The molecule has 0 aliphatic heterocycles. The average Bonchev–Trinajstić information content (AvgIpc) is 2.74. The SMILES string of the molecule is CC[C@H](C(=O)N[C@@H](C)CC)N(Cc1ccc(C)cc1)C(=O)COc1ccc(C)cc1C. The maximum absolute atomic E-state index is 13.2. The summed E-state index contributed by atoms with van der Waals surface area (Å²) in [5.74, 6) is 0.363. The number of nitrogens with zero attached hydrogens (tertiary/aromatic N) is 1. The van der Waals surface area contributed by atoms with Crippen LogP contribution in [-0.2, 0) is 16.1 Å². The van der Waals surface area contributed by atoms with Crippen LogP contribution in [0.4, 0.5) is 0 Å². The molecule has 0 heterocycles. The van der Waals surface area contributed by atoms with Crippen molar-refractivity contribution in [3.8, 4) is 5.75 Å². The van der Waals surface area contributed by atoms with Crippen molar-refractivity contribution in [1.29, 1.82) is 0 Å². The van der Waals surface area contributed by atoms with E-state index in [0.717, 1.165) is 28.7 Å². The first kappa shape index (κ1) is 24.4. The number of hydrogen-bond donors (Lipinski definition) is 1. The molecular weight excluding hydrogens is 388 g/mol. The van der Waals surface area contributed by atoms with Crippen molar-refractivity contribution >= 4 is 11.8 Å². The van der Waals surface area contributed by atoms with Crippen molar-refractivity contribution in [2.75, 3.05) is 6.61 Å². The molecule has 2 amide bonds. The second kappa shape index (κ2) is 11.5. The minimum absolute atomic E-state index is 0.0596. The Kier molecular flexibility index (Phi) is 9.10. The Labute approximate surface area is 186 Å². The number of hydrogen-bond acceptors (Lipinski definition) is 3. The zero-order valence-electron chi connectivity index (χ0n) is 19.7. The third-order valence-electron chi connectivity index (χ3n) is 5.54. The minimum atomic E-state index is -0.550. The van der Waals surface area contributed by atoms with E-state index in [1.165, 1.54) is 0 Å². The highest BCUT2D eigenvalue weighted by Gasteiger charge is 2.29. The number of ether oxygens (including phenoxy) is 1. The predicted octanol–water partition coefficient (Wildman–Crippen LogP) is 4.71. The molecule has 5 nitrogen and oxygen atoms in total. The highest BCUT2D eigenvalue weighted by Crippen LogP contribution is 2.20. The summed E-state index contributed by atoms with van der Waals surface area (Å²) in [5, 5.41) is 3.03. The van der Waals surface area contributed by atoms with Crippen LogP contribution in [0.2, 0.25) is 0 Å². The molecule has 0 bridgehead atoms. The number of carbonyl (C=O) groups is 2. The lowest BCUT2D eigenvalue weighted by Gasteiger charge is -2.31. The molecule has 0 aliphatic carbocycles. The molecule has 2 aromatic carbocycles.